The van der Waals surface area contributed by atoms with Crippen LogP contribution in [-0.4, -0.2) is 30.4 Å². The van der Waals surface area contributed by atoms with E-state index in [4.69, 9.17) is 5.73 Å². The zero-order chi connectivity index (χ0) is 14.4. The van der Waals surface area contributed by atoms with Gasteiger partial charge >= 0.3 is 0 Å². The summed E-state index contributed by atoms with van der Waals surface area (Å²) >= 11 is 0. The number of nitrogens with two attached hydrogens (primary N) is 1. The lowest BCUT2D eigenvalue weighted by molar-refractivity contribution is 0.0730. The van der Waals surface area contributed by atoms with E-state index in [0.29, 0.717) is 31.1 Å². The quantitative estimate of drug-likeness (QED) is 0.860. The molecule has 0 spiro atoms. The van der Waals surface area contributed by atoms with Crippen LogP contribution in [0.4, 0.5) is 4.39 Å². The number of benzene rings is 1. The summed E-state index contributed by atoms with van der Waals surface area (Å²) in [5.74, 6) is -0.327. The fraction of sp³-hybridized carbons (Fsp3) is 0.533. The Labute approximate surface area is 114 Å². The van der Waals surface area contributed by atoms with Crippen molar-refractivity contribution >= 4 is 5.91 Å². The van der Waals surface area contributed by atoms with E-state index in [1.54, 1.807) is 30.0 Å². The van der Waals surface area contributed by atoms with Crippen molar-refractivity contribution < 1.29 is 9.18 Å². The van der Waals surface area contributed by atoms with Gasteiger partial charge in [-0.3, -0.25) is 4.79 Å². The lowest BCUT2D eigenvalue weighted by Gasteiger charge is -2.25. The normalized spacial score (nSPS) is 10.8. The van der Waals surface area contributed by atoms with Crippen LogP contribution in [0.25, 0.3) is 0 Å². The number of halogens is 1. The Balaban J connectivity index is 2.94. The molecule has 0 bridgehead atoms. The summed E-state index contributed by atoms with van der Waals surface area (Å²) in [6.07, 6.45) is 0.728. The average Bonchev–Trinajstić information content (AvgIpc) is 2.36. The molecule has 1 rings (SSSR count). The monoisotopic (exact) mass is 266 g/mol. The van der Waals surface area contributed by atoms with Crippen molar-refractivity contribution in [3.8, 4) is 0 Å². The first-order chi connectivity index (χ1) is 8.97. The predicted molar refractivity (Wildman–Crippen MR) is 75.5 cm³/mol. The van der Waals surface area contributed by atoms with Gasteiger partial charge in [-0.05, 0) is 37.4 Å². The summed E-state index contributed by atoms with van der Waals surface area (Å²) in [5.41, 5.74) is 6.13. The van der Waals surface area contributed by atoms with Gasteiger partial charge in [0, 0.05) is 13.1 Å². The summed E-state index contributed by atoms with van der Waals surface area (Å²) in [6.45, 7) is 7.45. The smallest absolute Gasteiger partial charge is 0.256 e. The van der Waals surface area contributed by atoms with Crippen LogP contribution in [0.3, 0.4) is 0 Å². The SMILES string of the molecule is Cc1cccc(C(=O)N(CCCN)CC(C)C)c1F. The van der Waals surface area contributed by atoms with Crippen LogP contribution in [0.1, 0.15) is 36.2 Å². The van der Waals surface area contributed by atoms with E-state index >= 15 is 0 Å². The van der Waals surface area contributed by atoms with Crippen LogP contribution in [0.5, 0.6) is 0 Å². The topological polar surface area (TPSA) is 46.3 Å². The van der Waals surface area contributed by atoms with E-state index in [0.717, 1.165) is 6.42 Å². The number of hydrogen-bond acceptors (Lipinski definition) is 2. The van der Waals surface area contributed by atoms with E-state index in [1.807, 2.05) is 13.8 Å². The van der Waals surface area contributed by atoms with Gasteiger partial charge in [0.05, 0.1) is 5.56 Å². The molecule has 4 heteroatoms. The molecule has 2 N–H and O–H groups in total. The molecule has 0 unspecified atom stereocenters. The summed E-state index contributed by atoms with van der Waals surface area (Å²) in [6, 6.07) is 4.92. The van der Waals surface area contributed by atoms with Crippen molar-refractivity contribution in [2.75, 3.05) is 19.6 Å². The van der Waals surface area contributed by atoms with E-state index in [1.165, 1.54) is 0 Å². The van der Waals surface area contributed by atoms with Crippen LogP contribution >= 0.6 is 0 Å². The maximum atomic E-state index is 14.0. The fourth-order valence-electron chi connectivity index (χ4n) is 1.98. The van der Waals surface area contributed by atoms with Crippen molar-refractivity contribution in [1.29, 1.82) is 0 Å². The first kappa shape index (κ1) is 15.6. The van der Waals surface area contributed by atoms with Gasteiger partial charge in [-0.2, -0.15) is 0 Å². The second-order valence-corrected chi connectivity index (χ2v) is 5.22. The van der Waals surface area contributed by atoms with Crippen molar-refractivity contribution in [2.45, 2.75) is 27.2 Å². The standard InChI is InChI=1S/C15H23FN2O/c1-11(2)10-18(9-5-8-17)15(19)13-7-4-6-12(3)14(13)16/h4,6-7,11H,5,8-10,17H2,1-3H3. The molecule has 0 aliphatic rings. The first-order valence-corrected chi connectivity index (χ1v) is 6.71. The fourth-order valence-corrected chi connectivity index (χ4v) is 1.98. The number of carbonyl (C=O) groups is 1. The van der Waals surface area contributed by atoms with Crippen LogP contribution < -0.4 is 5.73 Å². The van der Waals surface area contributed by atoms with Crippen molar-refractivity contribution in [1.82, 2.24) is 4.90 Å². The molecule has 0 aliphatic heterocycles. The molecule has 0 saturated carbocycles. The summed E-state index contributed by atoms with van der Waals surface area (Å²) in [5, 5.41) is 0. The lowest BCUT2D eigenvalue weighted by Crippen LogP contribution is -2.36. The molecule has 0 radical (unpaired) electrons. The minimum atomic E-state index is -0.422. The van der Waals surface area contributed by atoms with Gasteiger partial charge in [0.2, 0.25) is 0 Å². The van der Waals surface area contributed by atoms with E-state index in [9.17, 15) is 9.18 Å². The van der Waals surface area contributed by atoms with Crippen molar-refractivity contribution in [3.63, 3.8) is 0 Å². The second-order valence-electron chi connectivity index (χ2n) is 5.22. The van der Waals surface area contributed by atoms with E-state index < -0.39 is 5.82 Å². The second kappa shape index (κ2) is 7.24. The number of aryl methyl sites for hydroxylation is 1. The lowest BCUT2D eigenvalue weighted by atomic mass is 10.1. The largest absolute Gasteiger partial charge is 0.338 e. The highest BCUT2D eigenvalue weighted by atomic mass is 19.1. The third-order valence-electron chi connectivity index (χ3n) is 2.93. The van der Waals surface area contributed by atoms with Crippen LogP contribution in [0, 0.1) is 18.7 Å². The Morgan fingerprint density at radius 1 is 1.42 bits per heavy atom. The van der Waals surface area contributed by atoms with Gasteiger partial charge in [-0.15, -0.1) is 0 Å². The van der Waals surface area contributed by atoms with Crippen LogP contribution in [-0.2, 0) is 0 Å². The molecule has 0 heterocycles. The van der Waals surface area contributed by atoms with Gasteiger partial charge in [-0.25, -0.2) is 4.39 Å². The Kier molecular flexibility index (Phi) is 5.96. The van der Waals surface area contributed by atoms with E-state index in [2.05, 4.69) is 0 Å². The molecule has 0 fully saturated rings. The maximum absolute atomic E-state index is 14.0. The average molecular weight is 266 g/mol. The van der Waals surface area contributed by atoms with Gasteiger partial charge in [0.15, 0.2) is 0 Å². The minimum Gasteiger partial charge on any atom is -0.338 e. The molecule has 106 valence electrons. The molecule has 1 aromatic carbocycles. The third kappa shape index (κ3) is 4.31. The van der Waals surface area contributed by atoms with Gasteiger partial charge in [-0.1, -0.05) is 26.0 Å². The molecule has 0 atom stereocenters. The summed E-state index contributed by atoms with van der Waals surface area (Å²) in [4.78, 5) is 14.1. The van der Waals surface area contributed by atoms with Gasteiger partial charge < -0.3 is 10.6 Å². The Hall–Kier alpha value is -1.42. The Bertz CT molecular complexity index is 432. The number of rotatable bonds is 6. The highest BCUT2D eigenvalue weighted by Crippen LogP contribution is 2.15. The van der Waals surface area contributed by atoms with Crippen LogP contribution in [0.2, 0.25) is 0 Å². The molecular formula is C15H23FN2O. The molecule has 3 nitrogen and oxygen atoms in total. The zero-order valence-corrected chi connectivity index (χ0v) is 11.9. The van der Waals surface area contributed by atoms with Crippen LogP contribution in [0.15, 0.2) is 18.2 Å². The molecule has 1 amide bonds. The van der Waals surface area contributed by atoms with Gasteiger partial charge in [0.25, 0.3) is 5.91 Å². The number of carbonyl (C=O) groups excluding carboxylic acids is 1. The molecule has 0 aliphatic carbocycles. The predicted octanol–water partition coefficient (Wildman–Crippen LogP) is 2.58. The maximum Gasteiger partial charge on any atom is 0.256 e. The first-order valence-electron chi connectivity index (χ1n) is 6.71. The Morgan fingerprint density at radius 2 is 2.11 bits per heavy atom. The Morgan fingerprint density at radius 3 is 2.68 bits per heavy atom. The number of amides is 1. The van der Waals surface area contributed by atoms with Crippen molar-refractivity contribution in [2.24, 2.45) is 11.7 Å². The van der Waals surface area contributed by atoms with Crippen molar-refractivity contribution in [3.05, 3.63) is 35.1 Å². The highest BCUT2D eigenvalue weighted by molar-refractivity contribution is 5.94. The zero-order valence-electron chi connectivity index (χ0n) is 11.9. The number of hydrogen-bond donors (Lipinski definition) is 1. The van der Waals surface area contributed by atoms with E-state index in [-0.39, 0.29) is 11.5 Å². The van der Waals surface area contributed by atoms with Gasteiger partial charge in [0.1, 0.15) is 5.82 Å². The number of nitrogens with zero attached hydrogens (tertiary/aromatic N) is 1. The molecule has 0 aromatic heterocycles. The summed E-state index contributed by atoms with van der Waals surface area (Å²) in [7, 11) is 0. The molecule has 19 heavy (non-hydrogen) atoms. The minimum absolute atomic E-state index is 0.151. The molecule has 0 saturated heterocycles. The molecule has 1 aromatic rings. The third-order valence-corrected chi connectivity index (χ3v) is 2.93. The molecular weight excluding hydrogens is 243 g/mol. The highest BCUT2D eigenvalue weighted by Gasteiger charge is 2.20. The summed E-state index contributed by atoms with van der Waals surface area (Å²) < 4.78 is 14.0.